The fraction of sp³-hybridized carbons (Fsp3) is 0.927. The first kappa shape index (κ1) is 46.4. The first-order valence-corrected chi connectivity index (χ1v) is 20.7. The number of unbranched alkanes of at least 4 members (excludes halogenated alkanes) is 22. The minimum absolute atomic E-state index is 0.0659. The molecule has 0 saturated heterocycles. The van der Waals surface area contributed by atoms with E-state index < -0.39 is 6.04 Å². The Bertz CT molecular complexity index is 746. The number of aliphatic hydroxyl groups excluding tert-OH is 1. The average Bonchev–Trinajstić information content (AvgIpc) is 3.07. The Morgan fingerprint density at radius 2 is 1.00 bits per heavy atom. The number of carbonyl (C=O) groups excluding carboxylic acids is 3. The van der Waals surface area contributed by atoms with E-state index in [9.17, 15) is 19.5 Å². The molecule has 2 N–H and O–H groups in total. The lowest BCUT2D eigenvalue weighted by atomic mass is 10.0. The van der Waals surface area contributed by atoms with Crippen LogP contribution >= 0.6 is 0 Å². The zero-order valence-corrected chi connectivity index (χ0v) is 32.3. The highest BCUT2D eigenvalue weighted by atomic mass is 16.5. The van der Waals surface area contributed by atoms with E-state index in [4.69, 9.17) is 4.74 Å². The van der Waals surface area contributed by atoms with Crippen LogP contribution in [0.2, 0.25) is 0 Å². The molecule has 0 bridgehead atoms. The van der Waals surface area contributed by atoms with Gasteiger partial charge in [-0.15, -0.1) is 0 Å². The van der Waals surface area contributed by atoms with Crippen LogP contribution in [0.1, 0.15) is 214 Å². The van der Waals surface area contributed by atoms with Gasteiger partial charge in [-0.1, -0.05) is 162 Å². The molecule has 0 aliphatic heterocycles. The maximum absolute atomic E-state index is 12.8. The summed E-state index contributed by atoms with van der Waals surface area (Å²) in [4.78, 5) is 39.6. The number of ether oxygens (including phenoxy) is 1. The molecule has 7 nitrogen and oxygen atoms in total. The number of amides is 2. The SMILES string of the molecule is CCCCCCCCCCCCCC(=O)NC(CO)CN(CCC(CCCCCCC)OC(=O)CCCCCCCCCCC)C(C)=O. The summed E-state index contributed by atoms with van der Waals surface area (Å²) < 4.78 is 5.96. The summed E-state index contributed by atoms with van der Waals surface area (Å²) in [5.41, 5.74) is 0. The van der Waals surface area contributed by atoms with Gasteiger partial charge in [0.15, 0.2) is 0 Å². The first-order valence-electron chi connectivity index (χ1n) is 20.7. The zero-order valence-electron chi connectivity index (χ0n) is 32.3. The molecule has 0 fully saturated rings. The van der Waals surface area contributed by atoms with Crippen molar-refractivity contribution in [2.75, 3.05) is 19.7 Å². The van der Waals surface area contributed by atoms with Crippen molar-refractivity contribution in [2.24, 2.45) is 0 Å². The van der Waals surface area contributed by atoms with Gasteiger partial charge >= 0.3 is 5.97 Å². The van der Waals surface area contributed by atoms with Gasteiger partial charge in [0.1, 0.15) is 6.10 Å². The van der Waals surface area contributed by atoms with Crippen LogP contribution in [0.3, 0.4) is 0 Å². The number of hydrogen-bond donors (Lipinski definition) is 2. The molecule has 48 heavy (non-hydrogen) atoms. The molecule has 0 saturated carbocycles. The van der Waals surface area contributed by atoms with Gasteiger partial charge in [-0.05, 0) is 25.7 Å². The Morgan fingerprint density at radius 3 is 1.44 bits per heavy atom. The van der Waals surface area contributed by atoms with E-state index in [1.165, 1.54) is 122 Å². The van der Waals surface area contributed by atoms with Crippen LogP contribution in [0, 0.1) is 0 Å². The predicted molar refractivity (Wildman–Crippen MR) is 202 cm³/mol. The highest BCUT2D eigenvalue weighted by Crippen LogP contribution is 2.17. The molecule has 0 aliphatic rings. The molecule has 0 radical (unpaired) electrons. The van der Waals surface area contributed by atoms with Crippen LogP contribution in [0.5, 0.6) is 0 Å². The van der Waals surface area contributed by atoms with E-state index in [1.807, 2.05) is 0 Å². The monoisotopic (exact) mass is 681 g/mol. The Morgan fingerprint density at radius 1 is 0.583 bits per heavy atom. The zero-order chi connectivity index (χ0) is 35.5. The normalized spacial score (nSPS) is 12.5. The third kappa shape index (κ3) is 30.4. The van der Waals surface area contributed by atoms with E-state index in [2.05, 4.69) is 26.1 Å². The van der Waals surface area contributed by atoms with E-state index in [-0.39, 0.29) is 37.0 Å². The Hall–Kier alpha value is -1.63. The lowest BCUT2D eigenvalue weighted by molar-refractivity contribution is -0.150. The highest BCUT2D eigenvalue weighted by molar-refractivity contribution is 5.76. The first-order chi connectivity index (χ1) is 23.4. The molecule has 0 aliphatic carbocycles. The molecule has 2 atom stereocenters. The van der Waals surface area contributed by atoms with Crippen molar-refractivity contribution in [1.82, 2.24) is 10.2 Å². The van der Waals surface area contributed by atoms with Crippen LogP contribution in [0.25, 0.3) is 0 Å². The molecule has 284 valence electrons. The number of carbonyl (C=O) groups is 3. The maximum Gasteiger partial charge on any atom is 0.306 e. The van der Waals surface area contributed by atoms with Gasteiger partial charge in [0.25, 0.3) is 0 Å². The van der Waals surface area contributed by atoms with Crippen LogP contribution in [0.4, 0.5) is 0 Å². The fourth-order valence-electron chi connectivity index (χ4n) is 6.40. The molecule has 0 aromatic heterocycles. The molecule has 0 aromatic carbocycles. The minimum Gasteiger partial charge on any atom is -0.462 e. The molecule has 0 heterocycles. The summed E-state index contributed by atoms with van der Waals surface area (Å²) in [6.07, 6.45) is 32.2. The third-order valence-corrected chi connectivity index (χ3v) is 9.61. The van der Waals surface area contributed by atoms with Crippen LogP contribution in [-0.2, 0) is 19.1 Å². The molecular weight excluding hydrogens is 600 g/mol. The number of hydrogen-bond acceptors (Lipinski definition) is 5. The van der Waals surface area contributed by atoms with Crippen LogP contribution < -0.4 is 5.32 Å². The second-order valence-electron chi connectivity index (χ2n) is 14.4. The molecule has 0 rings (SSSR count). The Balaban J connectivity index is 4.58. The summed E-state index contributed by atoms with van der Waals surface area (Å²) in [6, 6.07) is -0.504. The van der Waals surface area contributed by atoms with Crippen molar-refractivity contribution >= 4 is 17.8 Å². The lowest BCUT2D eigenvalue weighted by Gasteiger charge is -2.28. The minimum atomic E-state index is -0.504. The van der Waals surface area contributed by atoms with Crippen molar-refractivity contribution in [3.05, 3.63) is 0 Å². The third-order valence-electron chi connectivity index (χ3n) is 9.61. The summed E-state index contributed by atoms with van der Waals surface area (Å²) in [5.74, 6) is -0.298. The second kappa shape index (κ2) is 35.2. The van der Waals surface area contributed by atoms with Gasteiger partial charge in [-0.2, -0.15) is 0 Å². The summed E-state index contributed by atoms with van der Waals surface area (Å²) in [6.45, 7) is 8.69. The average molecular weight is 681 g/mol. The van der Waals surface area contributed by atoms with E-state index in [0.29, 0.717) is 25.8 Å². The van der Waals surface area contributed by atoms with Crippen molar-refractivity contribution in [3.8, 4) is 0 Å². The highest BCUT2D eigenvalue weighted by Gasteiger charge is 2.21. The number of rotatable bonds is 36. The number of nitrogens with one attached hydrogen (secondary N) is 1. The molecule has 2 unspecified atom stereocenters. The van der Waals surface area contributed by atoms with Gasteiger partial charge in [0.2, 0.25) is 11.8 Å². The van der Waals surface area contributed by atoms with Crippen molar-refractivity contribution in [2.45, 2.75) is 226 Å². The predicted octanol–water partition coefficient (Wildman–Crippen LogP) is 10.6. The van der Waals surface area contributed by atoms with E-state index in [1.54, 1.807) is 4.90 Å². The van der Waals surface area contributed by atoms with E-state index >= 15 is 0 Å². The molecule has 7 heteroatoms. The van der Waals surface area contributed by atoms with E-state index in [0.717, 1.165) is 51.4 Å². The van der Waals surface area contributed by atoms with Gasteiger partial charge < -0.3 is 20.1 Å². The standard InChI is InChI=1S/C41H80N2O5/c1-5-8-11-14-16-18-19-21-22-25-28-31-40(46)42-38(36-44)35-43(37(4)45)34-33-39(30-27-24-13-10-7-3)48-41(47)32-29-26-23-20-17-15-12-9-6-2/h38-39,44H,5-36H2,1-4H3,(H,42,46). The Labute approximate surface area is 297 Å². The second-order valence-corrected chi connectivity index (χ2v) is 14.4. The fourth-order valence-corrected chi connectivity index (χ4v) is 6.40. The number of aliphatic hydroxyl groups is 1. The molecular formula is C41H80N2O5. The van der Waals surface area contributed by atoms with Gasteiger partial charge in [-0.3, -0.25) is 14.4 Å². The van der Waals surface area contributed by atoms with Crippen molar-refractivity contribution < 1.29 is 24.2 Å². The lowest BCUT2D eigenvalue weighted by Crippen LogP contribution is -2.48. The number of esters is 1. The summed E-state index contributed by atoms with van der Waals surface area (Å²) in [5, 5.41) is 13.0. The van der Waals surface area contributed by atoms with Crippen molar-refractivity contribution in [3.63, 3.8) is 0 Å². The van der Waals surface area contributed by atoms with Gasteiger partial charge in [0.05, 0.1) is 12.6 Å². The quantitative estimate of drug-likeness (QED) is 0.0507. The summed E-state index contributed by atoms with van der Waals surface area (Å²) in [7, 11) is 0. The smallest absolute Gasteiger partial charge is 0.306 e. The van der Waals surface area contributed by atoms with Gasteiger partial charge in [0, 0.05) is 39.3 Å². The van der Waals surface area contributed by atoms with Crippen molar-refractivity contribution in [1.29, 1.82) is 0 Å². The molecule has 0 aromatic rings. The molecule has 2 amide bonds. The van der Waals surface area contributed by atoms with Crippen LogP contribution in [0.15, 0.2) is 0 Å². The summed E-state index contributed by atoms with van der Waals surface area (Å²) >= 11 is 0. The topological polar surface area (TPSA) is 95.9 Å². The van der Waals surface area contributed by atoms with Gasteiger partial charge in [-0.25, -0.2) is 0 Å². The number of nitrogens with zero attached hydrogens (tertiary/aromatic N) is 1. The largest absolute Gasteiger partial charge is 0.462 e. The molecule has 0 spiro atoms. The van der Waals surface area contributed by atoms with Crippen LogP contribution in [-0.4, -0.2) is 59.6 Å². The Kier molecular flexibility index (Phi) is 34.0. The maximum atomic E-state index is 12.8.